The fourth-order valence-corrected chi connectivity index (χ4v) is 3.35. The lowest BCUT2D eigenvalue weighted by molar-refractivity contribution is -0.384. The fourth-order valence-electron chi connectivity index (χ4n) is 2.15. The summed E-state index contributed by atoms with van der Waals surface area (Å²) in [5, 5.41) is 10.9. The molecule has 0 aliphatic rings. The summed E-state index contributed by atoms with van der Waals surface area (Å²) in [6.45, 7) is 3.94. The Hall–Kier alpha value is -2.71. The molecule has 26 heavy (non-hydrogen) atoms. The van der Waals surface area contributed by atoms with Gasteiger partial charge in [-0.25, -0.2) is 0 Å². The number of nitro groups is 1. The Morgan fingerprint density at radius 2 is 2.04 bits per heavy atom. The second-order valence-corrected chi connectivity index (χ2v) is 6.86. The number of hydrogen-bond acceptors (Lipinski definition) is 5. The Morgan fingerprint density at radius 1 is 1.31 bits per heavy atom. The fraction of sp³-hybridized carbons (Fsp3) is 0.176. The summed E-state index contributed by atoms with van der Waals surface area (Å²) in [4.78, 5) is 35.7. The third-order valence-electron chi connectivity index (χ3n) is 3.46. The molecule has 1 aromatic heterocycles. The molecular formula is C17H16ClN3O4S. The van der Waals surface area contributed by atoms with E-state index < -0.39 is 16.7 Å². The van der Waals surface area contributed by atoms with Crippen LogP contribution in [-0.2, 0) is 11.2 Å². The number of carbonyl (C=O) groups is 2. The molecule has 0 saturated heterocycles. The van der Waals surface area contributed by atoms with Gasteiger partial charge in [-0.15, -0.1) is 11.3 Å². The number of hydrogen-bond donors (Lipinski definition) is 2. The molecule has 0 radical (unpaired) electrons. The topological polar surface area (TPSA) is 101 Å². The van der Waals surface area contributed by atoms with Crippen molar-refractivity contribution in [3.63, 3.8) is 0 Å². The number of halogens is 1. The molecule has 2 amide bonds. The summed E-state index contributed by atoms with van der Waals surface area (Å²) in [5.41, 5.74) is 5.82. The first-order chi connectivity index (χ1) is 12.3. The number of nitrogens with zero attached hydrogens (tertiary/aromatic N) is 1. The number of rotatable bonds is 5. The van der Waals surface area contributed by atoms with Gasteiger partial charge in [-0.2, -0.15) is 0 Å². The molecule has 0 spiro atoms. The number of carbonyl (C=O) groups excluding carboxylic acids is 2. The largest absolute Gasteiger partial charge is 0.288 e. The lowest BCUT2D eigenvalue weighted by atomic mass is 10.2. The van der Waals surface area contributed by atoms with Crippen molar-refractivity contribution in [3.05, 3.63) is 66.4 Å². The van der Waals surface area contributed by atoms with Gasteiger partial charge in [0.05, 0.1) is 9.80 Å². The lowest BCUT2D eigenvalue weighted by Crippen LogP contribution is -2.40. The molecule has 0 fully saturated rings. The first-order valence-electron chi connectivity index (χ1n) is 7.63. The van der Waals surface area contributed by atoms with Crippen LogP contribution < -0.4 is 10.9 Å². The molecule has 2 rings (SSSR count). The van der Waals surface area contributed by atoms with Crippen LogP contribution in [-0.4, -0.2) is 16.7 Å². The normalized spacial score (nSPS) is 10.7. The Morgan fingerprint density at radius 3 is 2.65 bits per heavy atom. The van der Waals surface area contributed by atoms with Gasteiger partial charge in [-0.1, -0.05) is 24.6 Å². The van der Waals surface area contributed by atoms with E-state index in [4.69, 9.17) is 11.6 Å². The molecule has 1 heterocycles. The molecule has 2 aromatic rings. The number of amides is 2. The zero-order chi connectivity index (χ0) is 19.3. The summed E-state index contributed by atoms with van der Waals surface area (Å²) in [7, 11) is 0. The van der Waals surface area contributed by atoms with E-state index in [1.165, 1.54) is 29.5 Å². The number of nitro benzene ring substituents is 1. The predicted molar refractivity (Wildman–Crippen MR) is 101 cm³/mol. The van der Waals surface area contributed by atoms with Gasteiger partial charge in [-0.3, -0.25) is 30.6 Å². The Kier molecular flexibility index (Phi) is 6.48. The number of nitrogens with one attached hydrogen (secondary N) is 2. The Bertz CT molecular complexity index is 892. The van der Waals surface area contributed by atoms with Gasteiger partial charge in [0.1, 0.15) is 5.02 Å². The first kappa shape index (κ1) is 19.6. The van der Waals surface area contributed by atoms with E-state index in [1.807, 2.05) is 13.8 Å². The van der Waals surface area contributed by atoms with Crippen LogP contribution in [0.5, 0.6) is 0 Å². The molecule has 7 nitrogen and oxygen atoms in total. The van der Waals surface area contributed by atoms with E-state index in [2.05, 4.69) is 10.9 Å². The SMILES string of the molecule is CCc1sc(C(=O)NNC(=O)/C=C/c2ccc(Cl)c([N+](=O)[O-])c2)cc1C. The van der Waals surface area contributed by atoms with E-state index >= 15 is 0 Å². The maximum atomic E-state index is 12.0. The minimum Gasteiger partial charge on any atom is -0.268 e. The second kappa shape index (κ2) is 8.59. The van der Waals surface area contributed by atoms with Crippen molar-refractivity contribution >= 4 is 46.5 Å². The summed E-state index contributed by atoms with van der Waals surface area (Å²) in [5.74, 6) is -0.971. The molecule has 1 aromatic carbocycles. The van der Waals surface area contributed by atoms with Gasteiger partial charge >= 0.3 is 0 Å². The van der Waals surface area contributed by atoms with E-state index in [1.54, 1.807) is 12.1 Å². The van der Waals surface area contributed by atoms with Crippen LogP contribution in [0.1, 0.15) is 32.6 Å². The van der Waals surface area contributed by atoms with Crippen molar-refractivity contribution in [2.24, 2.45) is 0 Å². The summed E-state index contributed by atoms with van der Waals surface area (Å²) < 4.78 is 0. The third kappa shape index (κ3) is 4.90. The number of benzene rings is 1. The van der Waals surface area contributed by atoms with Gasteiger partial charge in [-0.05, 0) is 42.7 Å². The van der Waals surface area contributed by atoms with Gasteiger partial charge in [0, 0.05) is 17.0 Å². The van der Waals surface area contributed by atoms with Crippen LogP contribution in [0, 0.1) is 17.0 Å². The van der Waals surface area contributed by atoms with E-state index in [0.29, 0.717) is 10.4 Å². The Balaban J connectivity index is 1.96. The zero-order valence-corrected chi connectivity index (χ0v) is 15.6. The molecule has 0 unspecified atom stereocenters. The maximum absolute atomic E-state index is 12.0. The summed E-state index contributed by atoms with van der Waals surface area (Å²) >= 11 is 7.11. The highest BCUT2D eigenvalue weighted by Gasteiger charge is 2.13. The van der Waals surface area contributed by atoms with Crippen LogP contribution in [0.2, 0.25) is 5.02 Å². The minimum atomic E-state index is -0.604. The van der Waals surface area contributed by atoms with Crippen LogP contribution >= 0.6 is 22.9 Å². The van der Waals surface area contributed by atoms with Crippen molar-refractivity contribution in [3.8, 4) is 0 Å². The Labute approximate surface area is 158 Å². The molecule has 0 atom stereocenters. The number of thiophene rings is 1. The highest BCUT2D eigenvalue weighted by atomic mass is 35.5. The molecular weight excluding hydrogens is 378 g/mol. The molecule has 0 aliphatic carbocycles. The monoisotopic (exact) mass is 393 g/mol. The van der Waals surface area contributed by atoms with Crippen LogP contribution in [0.15, 0.2) is 30.3 Å². The number of aryl methyl sites for hydroxylation is 2. The maximum Gasteiger partial charge on any atom is 0.288 e. The number of hydrazine groups is 1. The summed E-state index contributed by atoms with van der Waals surface area (Å²) in [6, 6.07) is 5.95. The van der Waals surface area contributed by atoms with Crippen LogP contribution in [0.4, 0.5) is 5.69 Å². The molecule has 2 N–H and O–H groups in total. The molecule has 0 aliphatic heterocycles. The molecule has 0 saturated carbocycles. The molecule has 136 valence electrons. The standard InChI is InChI=1S/C17H16ClN3O4S/c1-3-14-10(2)8-15(26-14)17(23)20-19-16(22)7-5-11-4-6-12(18)13(9-11)21(24)25/h4-9H,3H2,1-2H3,(H,19,22)(H,20,23)/b7-5+. The highest BCUT2D eigenvalue weighted by molar-refractivity contribution is 7.14. The van der Waals surface area contributed by atoms with E-state index in [0.717, 1.165) is 22.9 Å². The molecule has 9 heteroatoms. The lowest BCUT2D eigenvalue weighted by Gasteiger charge is -2.03. The highest BCUT2D eigenvalue weighted by Crippen LogP contribution is 2.25. The van der Waals surface area contributed by atoms with Crippen molar-refractivity contribution < 1.29 is 14.5 Å². The quantitative estimate of drug-likeness (QED) is 0.459. The van der Waals surface area contributed by atoms with Crippen LogP contribution in [0.25, 0.3) is 6.08 Å². The van der Waals surface area contributed by atoms with Gasteiger partial charge in [0.15, 0.2) is 0 Å². The van der Waals surface area contributed by atoms with Gasteiger partial charge in [0.2, 0.25) is 0 Å². The van der Waals surface area contributed by atoms with Gasteiger partial charge < -0.3 is 0 Å². The first-order valence-corrected chi connectivity index (χ1v) is 8.83. The third-order valence-corrected chi connectivity index (χ3v) is 5.16. The summed E-state index contributed by atoms with van der Waals surface area (Å²) in [6.07, 6.45) is 3.38. The van der Waals surface area contributed by atoms with Crippen molar-refractivity contribution in [1.82, 2.24) is 10.9 Å². The molecule has 0 bridgehead atoms. The smallest absolute Gasteiger partial charge is 0.268 e. The van der Waals surface area contributed by atoms with E-state index in [9.17, 15) is 19.7 Å². The van der Waals surface area contributed by atoms with Crippen molar-refractivity contribution in [2.75, 3.05) is 0 Å². The zero-order valence-electron chi connectivity index (χ0n) is 14.0. The van der Waals surface area contributed by atoms with Crippen LogP contribution in [0.3, 0.4) is 0 Å². The minimum absolute atomic E-state index is 0.0153. The average molecular weight is 394 g/mol. The average Bonchev–Trinajstić information content (AvgIpc) is 2.99. The van der Waals surface area contributed by atoms with E-state index in [-0.39, 0.29) is 10.7 Å². The van der Waals surface area contributed by atoms with Gasteiger partial charge in [0.25, 0.3) is 17.5 Å². The predicted octanol–water partition coefficient (Wildman–Crippen LogP) is 3.65. The second-order valence-electron chi connectivity index (χ2n) is 5.32. The van der Waals surface area contributed by atoms with Crippen molar-refractivity contribution in [2.45, 2.75) is 20.3 Å². The van der Waals surface area contributed by atoms with Crippen molar-refractivity contribution in [1.29, 1.82) is 0 Å².